The van der Waals surface area contributed by atoms with Crippen molar-refractivity contribution in [2.45, 2.75) is 20.8 Å². The highest BCUT2D eigenvalue weighted by Crippen LogP contribution is 2.07. The minimum absolute atomic E-state index is 0.222. The van der Waals surface area contributed by atoms with Crippen molar-refractivity contribution in [3.05, 3.63) is 11.9 Å². The fourth-order valence-corrected chi connectivity index (χ4v) is 0.344. The Labute approximate surface area is 54.7 Å². The molecule has 1 heterocycles. The van der Waals surface area contributed by atoms with Crippen LogP contribution < -0.4 is 0 Å². The molecule has 0 aliphatic carbocycles. The Morgan fingerprint density at radius 1 is 1.56 bits per heavy atom. The minimum Gasteiger partial charge on any atom is -0.504 e. The molecular formula is C6H12N2O. The summed E-state index contributed by atoms with van der Waals surface area (Å²) in [7, 11) is 0. The maximum atomic E-state index is 8.67. The molecule has 0 radical (unpaired) electrons. The van der Waals surface area contributed by atoms with Gasteiger partial charge in [0.05, 0.1) is 11.9 Å². The highest BCUT2D eigenvalue weighted by atomic mass is 16.3. The number of hydrogen-bond donors (Lipinski definition) is 2. The molecule has 3 heteroatoms. The van der Waals surface area contributed by atoms with Crippen LogP contribution in [-0.4, -0.2) is 15.3 Å². The largest absolute Gasteiger partial charge is 0.504 e. The molecule has 0 aliphatic heterocycles. The average Bonchev–Trinajstić information content (AvgIpc) is 2.23. The van der Waals surface area contributed by atoms with Crippen molar-refractivity contribution in [3.63, 3.8) is 0 Å². The summed E-state index contributed by atoms with van der Waals surface area (Å²) in [5, 5.41) is 14.8. The first-order valence-corrected chi connectivity index (χ1v) is 2.99. The molecule has 0 bridgehead atoms. The summed E-state index contributed by atoms with van der Waals surface area (Å²) in [6.07, 6.45) is 1.37. The third-order valence-corrected chi connectivity index (χ3v) is 0.803. The number of rotatable bonds is 0. The van der Waals surface area contributed by atoms with E-state index >= 15 is 0 Å². The highest BCUT2D eigenvalue weighted by molar-refractivity contribution is 5.19. The molecule has 0 saturated heterocycles. The molecule has 0 atom stereocenters. The number of nitrogens with zero attached hydrogens (tertiary/aromatic N) is 1. The molecule has 0 saturated carbocycles. The molecule has 0 aliphatic rings. The molecule has 0 amide bonds. The van der Waals surface area contributed by atoms with E-state index in [1.807, 2.05) is 13.8 Å². The van der Waals surface area contributed by atoms with Gasteiger partial charge in [-0.2, -0.15) is 5.10 Å². The van der Waals surface area contributed by atoms with Crippen molar-refractivity contribution in [1.29, 1.82) is 0 Å². The van der Waals surface area contributed by atoms with Crippen LogP contribution in [0.25, 0.3) is 0 Å². The summed E-state index contributed by atoms with van der Waals surface area (Å²) < 4.78 is 0. The Bertz CT molecular complexity index is 143. The number of aromatic amines is 1. The van der Waals surface area contributed by atoms with E-state index in [1.54, 1.807) is 6.92 Å². The van der Waals surface area contributed by atoms with E-state index in [9.17, 15) is 0 Å². The van der Waals surface area contributed by atoms with Gasteiger partial charge in [0.1, 0.15) is 0 Å². The van der Waals surface area contributed by atoms with E-state index in [0.717, 1.165) is 0 Å². The second-order valence-corrected chi connectivity index (χ2v) is 1.38. The van der Waals surface area contributed by atoms with Crippen molar-refractivity contribution in [3.8, 4) is 5.75 Å². The lowest BCUT2D eigenvalue weighted by atomic mass is 10.5. The third-order valence-electron chi connectivity index (χ3n) is 0.803. The van der Waals surface area contributed by atoms with E-state index in [2.05, 4.69) is 10.2 Å². The van der Waals surface area contributed by atoms with Crippen LogP contribution in [0.2, 0.25) is 0 Å². The van der Waals surface area contributed by atoms with Gasteiger partial charge < -0.3 is 5.11 Å². The van der Waals surface area contributed by atoms with Crippen LogP contribution >= 0.6 is 0 Å². The standard InChI is InChI=1S/C4H6N2O.C2H6/c1-3-4(7)2-5-6-3;1-2/h2,7H,1H3,(H,5,6);1-2H3. The predicted molar refractivity (Wildman–Crippen MR) is 36.3 cm³/mol. The average molecular weight is 128 g/mol. The van der Waals surface area contributed by atoms with Crippen molar-refractivity contribution in [2.24, 2.45) is 0 Å². The van der Waals surface area contributed by atoms with Crippen LogP contribution in [0.4, 0.5) is 0 Å². The van der Waals surface area contributed by atoms with Gasteiger partial charge in [-0.3, -0.25) is 5.10 Å². The van der Waals surface area contributed by atoms with E-state index in [0.29, 0.717) is 5.69 Å². The topological polar surface area (TPSA) is 48.9 Å². The second-order valence-electron chi connectivity index (χ2n) is 1.38. The van der Waals surface area contributed by atoms with Crippen molar-refractivity contribution >= 4 is 0 Å². The minimum atomic E-state index is 0.222. The summed E-state index contributed by atoms with van der Waals surface area (Å²) in [5.74, 6) is 0.222. The summed E-state index contributed by atoms with van der Waals surface area (Å²) in [5.41, 5.74) is 0.708. The Morgan fingerprint density at radius 3 is 2.22 bits per heavy atom. The van der Waals surface area contributed by atoms with Crippen LogP contribution in [0, 0.1) is 6.92 Å². The maximum absolute atomic E-state index is 8.67. The van der Waals surface area contributed by atoms with Gasteiger partial charge in [-0.05, 0) is 6.92 Å². The number of aromatic nitrogens is 2. The second kappa shape index (κ2) is 3.95. The van der Waals surface area contributed by atoms with Crippen LogP contribution in [0.5, 0.6) is 5.75 Å². The zero-order valence-electron chi connectivity index (χ0n) is 5.97. The van der Waals surface area contributed by atoms with Gasteiger partial charge in [0.15, 0.2) is 5.75 Å². The zero-order chi connectivity index (χ0) is 7.28. The summed E-state index contributed by atoms with van der Waals surface area (Å²) in [6.45, 7) is 5.75. The van der Waals surface area contributed by atoms with Gasteiger partial charge in [-0.25, -0.2) is 0 Å². The monoisotopic (exact) mass is 128 g/mol. The van der Waals surface area contributed by atoms with Gasteiger partial charge in [0.2, 0.25) is 0 Å². The Balaban J connectivity index is 0.000000291. The molecule has 0 fully saturated rings. The molecule has 9 heavy (non-hydrogen) atoms. The molecule has 2 N–H and O–H groups in total. The fourth-order valence-electron chi connectivity index (χ4n) is 0.344. The van der Waals surface area contributed by atoms with Crippen molar-refractivity contribution < 1.29 is 5.11 Å². The first-order valence-electron chi connectivity index (χ1n) is 2.99. The fraction of sp³-hybridized carbons (Fsp3) is 0.500. The summed E-state index contributed by atoms with van der Waals surface area (Å²) >= 11 is 0. The quantitative estimate of drug-likeness (QED) is 0.555. The zero-order valence-corrected chi connectivity index (χ0v) is 5.97. The van der Waals surface area contributed by atoms with Crippen LogP contribution in [0.1, 0.15) is 19.5 Å². The first-order chi connectivity index (χ1) is 4.30. The van der Waals surface area contributed by atoms with Crippen LogP contribution in [0.15, 0.2) is 6.20 Å². The SMILES string of the molecule is CC.Cc1[nH]ncc1O. The Hall–Kier alpha value is -0.990. The lowest BCUT2D eigenvalue weighted by Crippen LogP contribution is -1.67. The molecule has 1 rings (SSSR count). The number of hydrogen-bond acceptors (Lipinski definition) is 2. The van der Waals surface area contributed by atoms with Gasteiger partial charge in [-0.15, -0.1) is 0 Å². The van der Waals surface area contributed by atoms with Crippen molar-refractivity contribution in [2.75, 3.05) is 0 Å². The van der Waals surface area contributed by atoms with Gasteiger partial charge >= 0.3 is 0 Å². The lowest BCUT2D eigenvalue weighted by molar-refractivity contribution is 0.471. The molecule has 0 spiro atoms. The lowest BCUT2D eigenvalue weighted by Gasteiger charge is -1.78. The Kier molecular flexibility index (Phi) is 3.51. The van der Waals surface area contributed by atoms with E-state index < -0.39 is 0 Å². The molecule has 0 unspecified atom stereocenters. The molecule has 3 nitrogen and oxygen atoms in total. The number of aryl methyl sites for hydroxylation is 1. The first kappa shape index (κ1) is 8.01. The van der Waals surface area contributed by atoms with E-state index in [4.69, 9.17) is 5.11 Å². The molecule has 0 aromatic carbocycles. The van der Waals surface area contributed by atoms with Crippen molar-refractivity contribution in [1.82, 2.24) is 10.2 Å². The van der Waals surface area contributed by atoms with Gasteiger partial charge in [0.25, 0.3) is 0 Å². The number of nitrogens with one attached hydrogen (secondary N) is 1. The molecular weight excluding hydrogens is 116 g/mol. The Morgan fingerprint density at radius 2 is 2.11 bits per heavy atom. The smallest absolute Gasteiger partial charge is 0.156 e. The number of H-pyrrole nitrogens is 1. The summed E-state index contributed by atoms with van der Waals surface area (Å²) in [6, 6.07) is 0. The highest BCUT2D eigenvalue weighted by Gasteiger charge is 1.90. The molecule has 1 aromatic rings. The normalized spacial score (nSPS) is 7.89. The van der Waals surface area contributed by atoms with Gasteiger partial charge in [0, 0.05) is 0 Å². The maximum Gasteiger partial charge on any atom is 0.156 e. The molecule has 1 aromatic heterocycles. The number of aromatic hydroxyl groups is 1. The third kappa shape index (κ3) is 2.17. The van der Waals surface area contributed by atoms with Gasteiger partial charge in [-0.1, -0.05) is 13.8 Å². The van der Waals surface area contributed by atoms with E-state index in [-0.39, 0.29) is 5.75 Å². The van der Waals surface area contributed by atoms with Crippen LogP contribution in [0.3, 0.4) is 0 Å². The van der Waals surface area contributed by atoms with Crippen LogP contribution in [-0.2, 0) is 0 Å². The summed E-state index contributed by atoms with van der Waals surface area (Å²) in [4.78, 5) is 0. The predicted octanol–water partition coefficient (Wildman–Crippen LogP) is 1.45. The van der Waals surface area contributed by atoms with E-state index in [1.165, 1.54) is 6.20 Å². The molecule has 52 valence electrons.